The van der Waals surface area contributed by atoms with E-state index in [1.165, 1.54) is 16.0 Å². The van der Waals surface area contributed by atoms with Crippen LogP contribution in [0, 0.1) is 11.3 Å². The zero-order chi connectivity index (χ0) is 18.0. The third-order valence-corrected chi connectivity index (χ3v) is 6.57. The Morgan fingerprint density at radius 1 is 1.27 bits per heavy atom. The third kappa shape index (κ3) is 3.27. The lowest BCUT2D eigenvalue weighted by molar-refractivity contribution is -0.124. The predicted molar refractivity (Wildman–Crippen MR) is 103 cm³/mol. The first kappa shape index (κ1) is 17.3. The molecule has 1 atom stereocenters. The summed E-state index contributed by atoms with van der Waals surface area (Å²) >= 11 is 1.80. The Morgan fingerprint density at radius 2 is 2.04 bits per heavy atom. The summed E-state index contributed by atoms with van der Waals surface area (Å²) in [7, 11) is 0. The van der Waals surface area contributed by atoms with Crippen LogP contribution in [0.1, 0.15) is 47.7 Å². The van der Waals surface area contributed by atoms with Crippen molar-refractivity contribution < 1.29 is 4.79 Å². The van der Waals surface area contributed by atoms with E-state index in [0.717, 1.165) is 38.6 Å². The average molecular weight is 366 g/mol. The minimum Gasteiger partial charge on any atom is -0.337 e. The first-order valence-electron chi connectivity index (χ1n) is 9.28. The molecule has 2 aromatic rings. The summed E-state index contributed by atoms with van der Waals surface area (Å²) in [5.41, 5.74) is 1.88. The zero-order valence-electron chi connectivity index (χ0n) is 14.8. The number of carbonyl (C=O) groups excluding carboxylic acids is 1. The Morgan fingerprint density at radius 3 is 2.77 bits per heavy atom. The molecule has 0 spiro atoms. The molecule has 1 saturated carbocycles. The zero-order valence-corrected chi connectivity index (χ0v) is 15.6. The van der Waals surface area contributed by atoms with Crippen molar-refractivity contribution in [3.05, 3.63) is 57.8 Å². The molecule has 1 aromatic carbocycles. The maximum absolute atomic E-state index is 12.8. The third-order valence-electron chi connectivity index (χ3n) is 5.58. The Kier molecular flexibility index (Phi) is 4.80. The molecule has 1 aliphatic carbocycles. The molecule has 0 saturated heterocycles. The molecule has 134 valence electrons. The monoisotopic (exact) mass is 365 g/mol. The fraction of sp³-hybridized carbons (Fsp3) is 0.429. The lowest BCUT2D eigenvalue weighted by Gasteiger charge is -2.36. The van der Waals surface area contributed by atoms with Crippen LogP contribution in [-0.4, -0.2) is 29.4 Å². The van der Waals surface area contributed by atoms with Gasteiger partial charge >= 0.3 is 0 Å². The molecule has 1 amide bonds. The lowest BCUT2D eigenvalue weighted by atomic mass is 9.93. The predicted octanol–water partition coefficient (Wildman–Crippen LogP) is 3.65. The van der Waals surface area contributed by atoms with Crippen molar-refractivity contribution in [2.75, 3.05) is 13.1 Å². The summed E-state index contributed by atoms with van der Waals surface area (Å²) in [5, 5.41) is 14.7. The molecule has 1 unspecified atom stereocenters. The van der Waals surface area contributed by atoms with Gasteiger partial charge in [0.2, 0.25) is 5.91 Å². The number of nitrogens with one attached hydrogen (secondary N) is 1. The summed E-state index contributed by atoms with van der Waals surface area (Å²) in [6.45, 7) is 1.19. The van der Waals surface area contributed by atoms with Crippen molar-refractivity contribution in [2.45, 2.75) is 43.7 Å². The molecule has 1 aromatic heterocycles. The van der Waals surface area contributed by atoms with Gasteiger partial charge in [0.15, 0.2) is 0 Å². The standard InChI is InChI=1S/C21H23N3OS/c22-15-21(10-4-5-11-21)23-19(25)14-24-12-8-18-17(9-13-26-18)20(24)16-6-2-1-3-7-16/h1-3,6-7,9,13,20H,4-5,8,10-12,14H2,(H,23,25). The van der Waals surface area contributed by atoms with E-state index in [1.807, 2.05) is 6.07 Å². The van der Waals surface area contributed by atoms with Crippen LogP contribution in [0.4, 0.5) is 0 Å². The molecule has 4 nitrogen and oxygen atoms in total. The molecule has 26 heavy (non-hydrogen) atoms. The normalized spacial score (nSPS) is 21.7. The fourth-order valence-corrected chi connectivity index (χ4v) is 5.20. The Bertz CT molecular complexity index is 817. The number of nitriles is 1. The van der Waals surface area contributed by atoms with E-state index in [2.05, 4.69) is 52.0 Å². The van der Waals surface area contributed by atoms with Gasteiger partial charge in [-0.2, -0.15) is 5.26 Å². The molecule has 2 aliphatic rings. The smallest absolute Gasteiger partial charge is 0.235 e. The summed E-state index contributed by atoms with van der Waals surface area (Å²) in [4.78, 5) is 16.4. The number of thiophene rings is 1. The number of fused-ring (bicyclic) bond motifs is 1. The maximum Gasteiger partial charge on any atom is 0.235 e. The highest BCUT2D eigenvalue weighted by molar-refractivity contribution is 7.10. The number of rotatable bonds is 4. The highest BCUT2D eigenvalue weighted by Gasteiger charge is 2.37. The van der Waals surface area contributed by atoms with Gasteiger partial charge in [-0.25, -0.2) is 0 Å². The van der Waals surface area contributed by atoms with Crippen LogP contribution in [-0.2, 0) is 11.2 Å². The van der Waals surface area contributed by atoms with Gasteiger partial charge in [0.1, 0.15) is 5.54 Å². The topological polar surface area (TPSA) is 56.1 Å². The molecule has 5 heteroatoms. The summed E-state index contributed by atoms with van der Waals surface area (Å²) in [5.74, 6) is -0.0342. The van der Waals surface area contributed by atoms with E-state index in [1.54, 1.807) is 11.3 Å². The van der Waals surface area contributed by atoms with Gasteiger partial charge in [-0.3, -0.25) is 9.69 Å². The molecule has 1 aliphatic heterocycles. The second kappa shape index (κ2) is 7.22. The second-order valence-corrected chi connectivity index (χ2v) is 8.28. The molecule has 0 radical (unpaired) electrons. The average Bonchev–Trinajstić information content (AvgIpc) is 3.32. The largest absolute Gasteiger partial charge is 0.337 e. The number of carbonyl (C=O) groups is 1. The SMILES string of the molecule is N#CC1(NC(=O)CN2CCc3sccc3C2c2ccccc2)CCCC1. The minimum atomic E-state index is -0.650. The lowest BCUT2D eigenvalue weighted by Crippen LogP contribution is -2.50. The van der Waals surface area contributed by atoms with Crippen molar-refractivity contribution in [1.29, 1.82) is 5.26 Å². The van der Waals surface area contributed by atoms with Gasteiger partial charge in [0.05, 0.1) is 18.7 Å². The van der Waals surface area contributed by atoms with Gasteiger partial charge in [0.25, 0.3) is 0 Å². The second-order valence-electron chi connectivity index (χ2n) is 7.28. The summed E-state index contributed by atoms with van der Waals surface area (Å²) in [6, 6.07) is 15.0. The number of benzene rings is 1. The number of hydrogen-bond donors (Lipinski definition) is 1. The summed E-state index contributed by atoms with van der Waals surface area (Å²) in [6.07, 6.45) is 4.55. The minimum absolute atomic E-state index is 0.0342. The van der Waals surface area contributed by atoms with E-state index < -0.39 is 5.54 Å². The van der Waals surface area contributed by atoms with Gasteiger partial charge < -0.3 is 5.32 Å². The number of amides is 1. The van der Waals surface area contributed by atoms with E-state index in [9.17, 15) is 10.1 Å². The number of nitrogens with zero attached hydrogens (tertiary/aromatic N) is 2. The Hall–Kier alpha value is -2.16. The van der Waals surface area contributed by atoms with Gasteiger partial charge in [-0.15, -0.1) is 11.3 Å². The van der Waals surface area contributed by atoms with Crippen molar-refractivity contribution in [3.63, 3.8) is 0 Å². The molecule has 2 heterocycles. The summed E-state index contributed by atoms with van der Waals surface area (Å²) < 4.78 is 0. The molecular weight excluding hydrogens is 342 g/mol. The van der Waals surface area contributed by atoms with Crippen molar-refractivity contribution in [3.8, 4) is 6.07 Å². The van der Waals surface area contributed by atoms with E-state index >= 15 is 0 Å². The van der Waals surface area contributed by atoms with E-state index in [0.29, 0.717) is 6.54 Å². The maximum atomic E-state index is 12.8. The number of hydrogen-bond acceptors (Lipinski definition) is 4. The van der Waals surface area contributed by atoms with Crippen molar-refractivity contribution in [1.82, 2.24) is 10.2 Å². The fourth-order valence-electron chi connectivity index (χ4n) is 4.30. The van der Waals surface area contributed by atoms with Crippen LogP contribution in [0.2, 0.25) is 0 Å². The van der Waals surface area contributed by atoms with E-state index in [4.69, 9.17) is 0 Å². The molecule has 0 bridgehead atoms. The van der Waals surface area contributed by atoms with Crippen LogP contribution in [0.3, 0.4) is 0 Å². The van der Waals surface area contributed by atoms with Gasteiger partial charge in [-0.05, 0) is 54.7 Å². The van der Waals surface area contributed by atoms with Crippen LogP contribution in [0.5, 0.6) is 0 Å². The van der Waals surface area contributed by atoms with Crippen LogP contribution in [0.25, 0.3) is 0 Å². The van der Waals surface area contributed by atoms with Crippen molar-refractivity contribution >= 4 is 17.2 Å². The Labute approximate surface area is 158 Å². The quantitative estimate of drug-likeness (QED) is 0.900. The molecule has 4 rings (SSSR count). The van der Waals surface area contributed by atoms with Gasteiger partial charge in [0, 0.05) is 11.4 Å². The van der Waals surface area contributed by atoms with Crippen molar-refractivity contribution in [2.24, 2.45) is 0 Å². The van der Waals surface area contributed by atoms with Crippen LogP contribution >= 0.6 is 11.3 Å². The first-order chi connectivity index (χ1) is 12.7. The van der Waals surface area contributed by atoms with Crippen LogP contribution < -0.4 is 5.32 Å². The Balaban J connectivity index is 1.55. The first-order valence-corrected chi connectivity index (χ1v) is 10.2. The van der Waals surface area contributed by atoms with Crippen LogP contribution in [0.15, 0.2) is 41.8 Å². The molecule has 1 fully saturated rings. The van der Waals surface area contributed by atoms with E-state index in [-0.39, 0.29) is 11.9 Å². The molecular formula is C21H23N3OS. The highest BCUT2D eigenvalue weighted by Crippen LogP contribution is 2.37. The molecule has 1 N–H and O–H groups in total. The van der Waals surface area contributed by atoms with Gasteiger partial charge in [-0.1, -0.05) is 30.3 Å². The highest BCUT2D eigenvalue weighted by atomic mass is 32.1.